The van der Waals surface area contributed by atoms with Crippen LogP contribution in [0.5, 0.6) is 5.75 Å². The SMILES string of the molecule is COc1cccc(-c2nc3scc(-c4cccs4)n3c2CN)c1. The molecule has 2 N–H and O–H groups in total. The maximum atomic E-state index is 6.07. The number of nitrogens with two attached hydrogens (primary N) is 1. The Morgan fingerprint density at radius 2 is 2.13 bits per heavy atom. The molecule has 3 heterocycles. The van der Waals surface area contributed by atoms with E-state index >= 15 is 0 Å². The molecule has 116 valence electrons. The number of fused-ring (bicyclic) bond motifs is 1. The van der Waals surface area contributed by atoms with Crippen molar-refractivity contribution >= 4 is 27.6 Å². The van der Waals surface area contributed by atoms with Gasteiger partial charge in [0.25, 0.3) is 0 Å². The summed E-state index contributed by atoms with van der Waals surface area (Å²) in [5, 5.41) is 4.23. The number of benzene rings is 1. The number of imidazole rings is 1. The van der Waals surface area contributed by atoms with Crippen molar-refractivity contribution in [2.75, 3.05) is 7.11 Å². The van der Waals surface area contributed by atoms with E-state index in [0.717, 1.165) is 33.4 Å². The minimum Gasteiger partial charge on any atom is -0.497 e. The lowest BCUT2D eigenvalue weighted by Crippen LogP contribution is -2.03. The highest BCUT2D eigenvalue weighted by atomic mass is 32.1. The van der Waals surface area contributed by atoms with Crippen molar-refractivity contribution in [1.82, 2.24) is 9.38 Å². The van der Waals surface area contributed by atoms with Crippen molar-refractivity contribution in [2.45, 2.75) is 6.54 Å². The zero-order valence-electron chi connectivity index (χ0n) is 12.5. The lowest BCUT2D eigenvalue weighted by molar-refractivity contribution is 0.415. The normalized spacial score (nSPS) is 11.2. The molecule has 0 atom stereocenters. The van der Waals surface area contributed by atoms with E-state index in [-0.39, 0.29) is 0 Å². The van der Waals surface area contributed by atoms with Gasteiger partial charge < -0.3 is 10.5 Å². The Morgan fingerprint density at radius 1 is 1.22 bits per heavy atom. The number of nitrogens with zero attached hydrogens (tertiary/aromatic N) is 2. The van der Waals surface area contributed by atoms with E-state index in [9.17, 15) is 0 Å². The van der Waals surface area contributed by atoms with E-state index < -0.39 is 0 Å². The molecular weight excluding hydrogens is 326 g/mol. The summed E-state index contributed by atoms with van der Waals surface area (Å²) in [5.74, 6) is 0.820. The molecule has 0 amide bonds. The van der Waals surface area contributed by atoms with E-state index in [0.29, 0.717) is 6.54 Å². The quantitative estimate of drug-likeness (QED) is 0.603. The molecule has 1 aromatic carbocycles. The van der Waals surface area contributed by atoms with Crippen molar-refractivity contribution in [3.05, 3.63) is 52.9 Å². The third-order valence-electron chi connectivity index (χ3n) is 3.77. The number of hydrogen-bond acceptors (Lipinski definition) is 5. The smallest absolute Gasteiger partial charge is 0.195 e. The average Bonchev–Trinajstić information content (AvgIpc) is 3.30. The molecule has 4 aromatic rings. The van der Waals surface area contributed by atoms with Crippen LogP contribution in [0, 0.1) is 0 Å². The molecule has 0 bridgehead atoms. The van der Waals surface area contributed by atoms with Gasteiger partial charge in [0.05, 0.1) is 29.1 Å². The number of hydrogen-bond donors (Lipinski definition) is 1. The second-order valence-corrected chi connectivity index (χ2v) is 6.84. The molecule has 6 heteroatoms. The van der Waals surface area contributed by atoms with E-state index in [4.69, 9.17) is 15.5 Å². The van der Waals surface area contributed by atoms with E-state index in [1.807, 2.05) is 24.3 Å². The third-order valence-corrected chi connectivity index (χ3v) is 5.49. The van der Waals surface area contributed by atoms with Gasteiger partial charge in [0.1, 0.15) is 5.75 Å². The predicted octanol–water partition coefficient (Wildman–Crippen LogP) is 4.26. The highest BCUT2D eigenvalue weighted by Crippen LogP contribution is 2.35. The Morgan fingerprint density at radius 3 is 2.87 bits per heavy atom. The Kier molecular flexibility index (Phi) is 3.65. The Hall–Kier alpha value is -2.15. The summed E-state index contributed by atoms with van der Waals surface area (Å²) in [6.45, 7) is 0.433. The van der Waals surface area contributed by atoms with E-state index in [2.05, 4.69) is 27.3 Å². The van der Waals surface area contributed by atoms with Crippen molar-refractivity contribution in [2.24, 2.45) is 5.73 Å². The van der Waals surface area contributed by atoms with Crippen LogP contribution in [0.2, 0.25) is 0 Å². The van der Waals surface area contributed by atoms with Gasteiger partial charge in [-0.05, 0) is 23.6 Å². The van der Waals surface area contributed by atoms with Gasteiger partial charge >= 0.3 is 0 Å². The monoisotopic (exact) mass is 341 g/mol. The molecule has 0 radical (unpaired) electrons. The molecule has 0 aliphatic heterocycles. The van der Waals surface area contributed by atoms with Crippen LogP contribution in [0.3, 0.4) is 0 Å². The van der Waals surface area contributed by atoms with Gasteiger partial charge in [-0.1, -0.05) is 18.2 Å². The second-order valence-electron chi connectivity index (χ2n) is 5.06. The minimum atomic E-state index is 0.433. The number of thiazole rings is 1. The first-order valence-electron chi connectivity index (χ1n) is 7.19. The van der Waals surface area contributed by atoms with E-state index in [1.54, 1.807) is 29.8 Å². The number of ether oxygens (including phenoxy) is 1. The molecule has 23 heavy (non-hydrogen) atoms. The van der Waals surface area contributed by atoms with Gasteiger partial charge in [0.2, 0.25) is 0 Å². The Labute approximate surface area is 141 Å². The highest BCUT2D eigenvalue weighted by Gasteiger charge is 2.18. The van der Waals surface area contributed by atoms with Crippen molar-refractivity contribution < 1.29 is 4.74 Å². The van der Waals surface area contributed by atoms with Crippen molar-refractivity contribution in [3.8, 4) is 27.6 Å². The summed E-state index contributed by atoms with van der Waals surface area (Å²) in [5.41, 5.74) is 10.2. The first-order valence-corrected chi connectivity index (χ1v) is 8.95. The Balaban J connectivity index is 1.94. The molecule has 4 rings (SSSR count). The maximum absolute atomic E-state index is 6.07. The molecule has 0 aliphatic rings. The fourth-order valence-corrected chi connectivity index (χ4v) is 4.42. The van der Waals surface area contributed by atoms with Crippen LogP contribution in [0.15, 0.2) is 47.2 Å². The lowest BCUT2D eigenvalue weighted by atomic mass is 10.1. The fourth-order valence-electron chi connectivity index (χ4n) is 2.70. The van der Waals surface area contributed by atoms with Crippen LogP contribution >= 0.6 is 22.7 Å². The molecule has 0 aliphatic carbocycles. The second kappa shape index (κ2) is 5.81. The van der Waals surface area contributed by atoms with E-state index in [1.165, 1.54) is 4.88 Å². The number of methoxy groups -OCH3 is 1. The fraction of sp³-hybridized carbons (Fsp3) is 0.118. The highest BCUT2D eigenvalue weighted by molar-refractivity contribution is 7.17. The summed E-state index contributed by atoms with van der Waals surface area (Å²) in [4.78, 5) is 7.00. The predicted molar refractivity (Wildman–Crippen MR) is 96.3 cm³/mol. The summed E-state index contributed by atoms with van der Waals surface area (Å²) >= 11 is 3.36. The van der Waals surface area contributed by atoms with Gasteiger partial charge in [0.15, 0.2) is 4.96 Å². The molecule has 0 saturated heterocycles. The third kappa shape index (κ3) is 2.35. The van der Waals surface area contributed by atoms with Crippen molar-refractivity contribution in [3.63, 3.8) is 0 Å². The van der Waals surface area contributed by atoms with Gasteiger partial charge in [-0.3, -0.25) is 4.40 Å². The van der Waals surface area contributed by atoms with Crippen LogP contribution in [-0.4, -0.2) is 16.5 Å². The molecule has 0 unspecified atom stereocenters. The van der Waals surface area contributed by atoms with Gasteiger partial charge in [-0.2, -0.15) is 0 Å². The molecule has 4 nitrogen and oxygen atoms in total. The van der Waals surface area contributed by atoms with Crippen LogP contribution in [-0.2, 0) is 6.54 Å². The lowest BCUT2D eigenvalue weighted by Gasteiger charge is -2.06. The number of thiophene rings is 1. The van der Waals surface area contributed by atoms with Gasteiger partial charge in [-0.15, -0.1) is 22.7 Å². The van der Waals surface area contributed by atoms with Crippen LogP contribution in [0.25, 0.3) is 26.8 Å². The summed E-state index contributed by atoms with van der Waals surface area (Å²) in [7, 11) is 1.67. The summed E-state index contributed by atoms with van der Waals surface area (Å²) in [6, 6.07) is 12.1. The van der Waals surface area contributed by atoms with Crippen molar-refractivity contribution in [1.29, 1.82) is 0 Å². The average molecular weight is 341 g/mol. The summed E-state index contributed by atoms with van der Waals surface area (Å²) in [6.07, 6.45) is 0. The topological polar surface area (TPSA) is 52.5 Å². The maximum Gasteiger partial charge on any atom is 0.195 e. The number of aromatic nitrogens is 2. The standard InChI is InChI=1S/C17H15N3OS2/c1-21-12-5-2-4-11(8-12)16-13(9-18)20-14(10-23-17(20)19-16)15-6-3-7-22-15/h2-8,10H,9,18H2,1H3. The van der Waals surface area contributed by atoms with Gasteiger partial charge in [-0.25, -0.2) is 4.98 Å². The molecule has 0 saturated carbocycles. The molecule has 0 spiro atoms. The molecular formula is C17H15N3OS2. The first kappa shape index (κ1) is 14.4. The number of rotatable bonds is 4. The minimum absolute atomic E-state index is 0.433. The van der Waals surface area contributed by atoms with Crippen LogP contribution in [0.1, 0.15) is 5.69 Å². The zero-order valence-corrected chi connectivity index (χ0v) is 14.2. The van der Waals surface area contributed by atoms with Gasteiger partial charge in [0, 0.05) is 17.5 Å². The largest absolute Gasteiger partial charge is 0.497 e. The summed E-state index contributed by atoms with van der Waals surface area (Å²) < 4.78 is 7.50. The van der Waals surface area contributed by atoms with Crippen LogP contribution in [0.4, 0.5) is 0 Å². The Bertz CT molecular complexity index is 954. The zero-order chi connectivity index (χ0) is 15.8. The first-order chi connectivity index (χ1) is 11.3. The van der Waals surface area contributed by atoms with Crippen LogP contribution < -0.4 is 10.5 Å². The molecule has 3 aromatic heterocycles. The molecule has 0 fully saturated rings.